The zero-order chi connectivity index (χ0) is 22.2. The summed E-state index contributed by atoms with van der Waals surface area (Å²) in [5.41, 5.74) is 3.63. The lowest BCUT2D eigenvalue weighted by Gasteiger charge is -2.28. The monoisotopic (exact) mass is 430 g/mol. The number of nitrogens with one attached hydrogen (secondary N) is 2. The number of morpholine rings is 1. The van der Waals surface area contributed by atoms with E-state index < -0.39 is 0 Å². The van der Waals surface area contributed by atoms with Crippen LogP contribution in [0.4, 0.5) is 11.4 Å². The molecule has 3 aromatic rings. The molecule has 2 amide bonds. The van der Waals surface area contributed by atoms with E-state index in [0.717, 1.165) is 25.2 Å². The number of pyridine rings is 1. The van der Waals surface area contributed by atoms with Crippen molar-refractivity contribution in [1.82, 2.24) is 10.3 Å². The molecule has 0 aliphatic carbocycles. The molecule has 2 aromatic carbocycles. The Balaban J connectivity index is 1.31. The number of ether oxygens (including phenoxy) is 1. The lowest BCUT2D eigenvalue weighted by molar-refractivity contribution is 0.0953. The van der Waals surface area contributed by atoms with Crippen molar-refractivity contribution in [3.63, 3.8) is 0 Å². The summed E-state index contributed by atoms with van der Waals surface area (Å²) in [6.07, 6.45) is 2.42. The van der Waals surface area contributed by atoms with Gasteiger partial charge in [-0.25, -0.2) is 0 Å². The second-order valence-electron chi connectivity index (χ2n) is 7.52. The predicted molar refractivity (Wildman–Crippen MR) is 124 cm³/mol. The summed E-state index contributed by atoms with van der Waals surface area (Å²) in [6.45, 7) is 3.50. The van der Waals surface area contributed by atoms with Gasteiger partial charge in [-0.1, -0.05) is 30.3 Å². The molecule has 0 bridgehead atoms. The summed E-state index contributed by atoms with van der Waals surface area (Å²) in [6, 6.07) is 20.5. The van der Waals surface area contributed by atoms with Crippen LogP contribution in [0, 0.1) is 0 Å². The van der Waals surface area contributed by atoms with Gasteiger partial charge in [0.25, 0.3) is 11.8 Å². The minimum atomic E-state index is -0.292. The number of rotatable bonds is 7. The number of aromatic nitrogens is 1. The van der Waals surface area contributed by atoms with Crippen molar-refractivity contribution in [3.8, 4) is 0 Å². The molecule has 1 aromatic heterocycles. The summed E-state index contributed by atoms with van der Waals surface area (Å²) >= 11 is 0. The van der Waals surface area contributed by atoms with E-state index in [1.54, 1.807) is 36.5 Å². The largest absolute Gasteiger partial charge is 0.378 e. The van der Waals surface area contributed by atoms with E-state index >= 15 is 0 Å². The van der Waals surface area contributed by atoms with Gasteiger partial charge >= 0.3 is 0 Å². The average Bonchev–Trinajstić information content (AvgIpc) is 2.86. The van der Waals surface area contributed by atoms with Crippen LogP contribution in [0.25, 0.3) is 0 Å². The van der Waals surface area contributed by atoms with E-state index in [1.165, 1.54) is 5.56 Å². The van der Waals surface area contributed by atoms with Crippen molar-refractivity contribution >= 4 is 23.2 Å². The zero-order valence-corrected chi connectivity index (χ0v) is 17.8. The van der Waals surface area contributed by atoms with Crippen LogP contribution in [-0.4, -0.2) is 49.6 Å². The van der Waals surface area contributed by atoms with E-state index in [0.29, 0.717) is 36.7 Å². The Hall–Kier alpha value is -3.71. The Kier molecular flexibility index (Phi) is 7.09. The molecule has 7 heteroatoms. The van der Waals surface area contributed by atoms with Crippen LogP contribution in [0.15, 0.2) is 72.9 Å². The minimum Gasteiger partial charge on any atom is -0.378 e. The number of hydrogen-bond acceptors (Lipinski definition) is 5. The Morgan fingerprint density at radius 2 is 1.69 bits per heavy atom. The van der Waals surface area contributed by atoms with Crippen molar-refractivity contribution in [2.75, 3.05) is 43.1 Å². The van der Waals surface area contributed by atoms with Crippen LogP contribution >= 0.6 is 0 Å². The maximum Gasteiger partial charge on any atom is 0.274 e. The van der Waals surface area contributed by atoms with Crippen molar-refractivity contribution in [2.45, 2.75) is 6.42 Å². The van der Waals surface area contributed by atoms with Gasteiger partial charge in [-0.05, 0) is 48.4 Å². The Morgan fingerprint density at radius 1 is 0.938 bits per heavy atom. The van der Waals surface area contributed by atoms with Gasteiger partial charge in [0.2, 0.25) is 0 Å². The third-order valence-corrected chi connectivity index (χ3v) is 5.30. The molecule has 0 atom stereocenters. The molecule has 1 aliphatic heterocycles. The van der Waals surface area contributed by atoms with Crippen LogP contribution in [0.1, 0.15) is 26.4 Å². The van der Waals surface area contributed by atoms with E-state index in [9.17, 15) is 9.59 Å². The first-order valence-electron chi connectivity index (χ1n) is 10.7. The van der Waals surface area contributed by atoms with Gasteiger partial charge in [0.05, 0.1) is 13.2 Å². The molecular weight excluding hydrogens is 404 g/mol. The summed E-state index contributed by atoms with van der Waals surface area (Å²) in [5, 5.41) is 5.76. The topological polar surface area (TPSA) is 83.6 Å². The first kappa shape index (κ1) is 21.5. The molecule has 1 fully saturated rings. The molecule has 0 saturated carbocycles. The SMILES string of the molecule is O=C(NCCc1ccccc1)c1ccc(NC(=O)c2cc(N3CCOCC3)ccn2)cc1. The third-order valence-electron chi connectivity index (χ3n) is 5.30. The smallest absolute Gasteiger partial charge is 0.274 e. The molecule has 164 valence electrons. The first-order valence-corrected chi connectivity index (χ1v) is 10.7. The van der Waals surface area contributed by atoms with E-state index in [2.05, 4.69) is 20.5 Å². The Morgan fingerprint density at radius 3 is 2.44 bits per heavy atom. The number of anilines is 2. The molecular formula is C25H26N4O3. The highest BCUT2D eigenvalue weighted by atomic mass is 16.5. The molecule has 0 unspecified atom stereocenters. The minimum absolute atomic E-state index is 0.140. The molecule has 4 rings (SSSR count). The van der Waals surface area contributed by atoms with E-state index in [1.807, 2.05) is 36.4 Å². The summed E-state index contributed by atoms with van der Waals surface area (Å²) in [5.74, 6) is -0.432. The van der Waals surface area contributed by atoms with Gasteiger partial charge in [0.15, 0.2) is 0 Å². The van der Waals surface area contributed by atoms with Crippen LogP contribution in [0.3, 0.4) is 0 Å². The molecule has 2 N–H and O–H groups in total. The van der Waals surface area contributed by atoms with Crippen molar-refractivity contribution in [2.24, 2.45) is 0 Å². The molecule has 1 aliphatic rings. The van der Waals surface area contributed by atoms with Gasteiger partial charge in [-0.15, -0.1) is 0 Å². The molecule has 2 heterocycles. The summed E-state index contributed by atoms with van der Waals surface area (Å²) in [4.78, 5) is 31.4. The number of amides is 2. The number of benzene rings is 2. The fourth-order valence-electron chi connectivity index (χ4n) is 3.53. The van der Waals surface area contributed by atoms with Gasteiger partial charge < -0.3 is 20.3 Å². The molecule has 1 saturated heterocycles. The lowest BCUT2D eigenvalue weighted by atomic mass is 10.1. The number of carbonyl (C=O) groups is 2. The van der Waals surface area contributed by atoms with Crippen LogP contribution in [-0.2, 0) is 11.2 Å². The highest BCUT2D eigenvalue weighted by Crippen LogP contribution is 2.17. The normalized spacial score (nSPS) is 13.4. The molecule has 0 spiro atoms. The number of carbonyl (C=O) groups excluding carboxylic acids is 2. The van der Waals surface area contributed by atoms with Crippen molar-refractivity contribution in [3.05, 3.63) is 89.7 Å². The zero-order valence-electron chi connectivity index (χ0n) is 17.8. The highest BCUT2D eigenvalue weighted by molar-refractivity contribution is 6.03. The average molecular weight is 431 g/mol. The van der Waals surface area contributed by atoms with Gasteiger partial charge in [-0.3, -0.25) is 14.6 Å². The predicted octanol–water partition coefficient (Wildman–Crippen LogP) is 3.14. The van der Waals surface area contributed by atoms with E-state index in [4.69, 9.17) is 4.74 Å². The number of hydrogen-bond donors (Lipinski definition) is 2. The Labute approximate surface area is 187 Å². The second kappa shape index (κ2) is 10.5. The van der Waals surface area contributed by atoms with Crippen molar-refractivity contribution in [1.29, 1.82) is 0 Å². The first-order chi connectivity index (χ1) is 15.7. The highest BCUT2D eigenvalue weighted by Gasteiger charge is 2.15. The second-order valence-corrected chi connectivity index (χ2v) is 7.52. The van der Waals surface area contributed by atoms with Gasteiger partial charge in [0, 0.05) is 42.8 Å². The number of nitrogens with zero attached hydrogens (tertiary/aromatic N) is 2. The van der Waals surface area contributed by atoms with Crippen LogP contribution in [0.2, 0.25) is 0 Å². The maximum atomic E-state index is 12.6. The van der Waals surface area contributed by atoms with Gasteiger partial charge in [0.1, 0.15) is 5.69 Å². The lowest BCUT2D eigenvalue weighted by Crippen LogP contribution is -2.36. The third kappa shape index (κ3) is 5.70. The summed E-state index contributed by atoms with van der Waals surface area (Å²) in [7, 11) is 0. The van der Waals surface area contributed by atoms with Gasteiger partial charge in [-0.2, -0.15) is 0 Å². The molecule has 32 heavy (non-hydrogen) atoms. The quantitative estimate of drug-likeness (QED) is 0.602. The Bertz CT molecular complexity index is 1050. The molecule has 7 nitrogen and oxygen atoms in total. The van der Waals surface area contributed by atoms with Crippen LogP contribution < -0.4 is 15.5 Å². The summed E-state index contributed by atoms with van der Waals surface area (Å²) < 4.78 is 5.38. The molecule has 0 radical (unpaired) electrons. The fraction of sp³-hybridized carbons (Fsp3) is 0.240. The van der Waals surface area contributed by atoms with Crippen molar-refractivity contribution < 1.29 is 14.3 Å². The fourth-order valence-corrected chi connectivity index (χ4v) is 3.53. The van der Waals surface area contributed by atoms with E-state index in [-0.39, 0.29) is 11.8 Å². The maximum absolute atomic E-state index is 12.6. The standard InChI is InChI=1S/C25H26N4O3/c30-24(27-12-10-19-4-2-1-3-5-19)20-6-8-21(9-7-20)28-25(31)23-18-22(11-13-26-23)29-14-16-32-17-15-29/h1-9,11,13,18H,10,12,14-17H2,(H,27,30)(H,28,31). The van der Waals surface area contributed by atoms with Crippen LogP contribution in [0.5, 0.6) is 0 Å².